The number of carbonyl (C=O) groups excluding carboxylic acids is 1. The molecule has 0 spiro atoms. The van der Waals surface area contributed by atoms with E-state index < -0.39 is 17.9 Å². The number of carbonyl (C=O) groups is 2. The van der Waals surface area contributed by atoms with Gasteiger partial charge in [-0.15, -0.1) is 0 Å². The number of ether oxygens (including phenoxy) is 2. The van der Waals surface area contributed by atoms with Crippen molar-refractivity contribution in [3.05, 3.63) is 33.8 Å². The molecule has 3 rings (SSSR count). The van der Waals surface area contributed by atoms with Crippen LogP contribution in [0, 0.1) is 5.92 Å². The maximum atomic E-state index is 12.5. The van der Waals surface area contributed by atoms with E-state index in [1.165, 1.54) is 0 Å². The molecule has 24 heavy (non-hydrogen) atoms. The molecule has 0 bridgehead atoms. The first-order valence-electron chi connectivity index (χ1n) is 7.79. The summed E-state index contributed by atoms with van der Waals surface area (Å²) in [6.07, 6.45) is 3.26. The van der Waals surface area contributed by atoms with Gasteiger partial charge in [-0.2, -0.15) is 0 Å². The number of halogens is 1. The van der Waals surface area contributed by atoms with Crippen molar-refractivity contribution in [1.29, 1.82) is 0 Å². The summed E-state index contributed by atoms with van der Waals surface area (Å²) in [6, 6.07) is 4.58. The van der Waals surface area contributed by atoms with Crippen LogP contribution >= 0.6 is 15.9 Å². The fraction of sp³-hybridized carbons (Fsp3) is 0.412. The summed E-state index contributed by atoms with van der Waals surface area (Å²) >= 11 is 3.38. The molecule has 2 N–H and O–H groups in total. The molecule has 7 heteroatoms. The molecule has 1 amide bonds. The molecule has 2 atom stereocenters. The van der Waals surface area contributed by atoms with Crippen molar-refractivity contribution in [2.45, 2.75) is 18.9 Å². The molecule has 2 unspecified atom stereocenters. The number of hydrogen-bond acceptors (Lipinski definition) is 4. The topological polar surface area (TPSA) is 84.9 Å². The minimum absolute atomic E-state index is 0.119. The van der Waals surface area contributed by atoms with Gasteiger partial charge in [-0.1, -0.05) is 15.9 Å². The molecular weight excluding hydrogens is 378 g/mol. The van der Waals surface area contributed by atoms with Gasteiger partial charge in [0.1, 0.15) is 18.4 Å². The number of hydrogen-bond donors (Lipinski definition) is 2. The molecule has 1 saturated heterocycles. The number of rotatable bonds is 4. The van der Waals surface area contributed by atoms with E-state index in [9.17, 15) is 14.7 Å². The first-order valence-corrected chi connectivity index (χ1v) is 8.58. The third-order valence-electron chi connectivity index (χ3n) is 4.20. The molecule has 1 aromatic carbocycles. The SMILES string of the molecule is O=C(NC(C(=O)O)C1CCCOC1)C1=Cc2cc(Br)ccc2OC1. The quantitative estimate of drug-likeness (QED) is 0.816. The van der Waals surface area contributed by atoms with Gasteiger partial charge in [0.05, 0.1) is 12.2 Å². The first kappa shape index (κ1) is 17.0. The van der Waals surface area contributed by atoms with Crippen molar-refractivity contribution in [3.8, 4) is 5.75 Å². The van der Waals surface area contributed by atoms with Crippen LogP contribution in [0.25, 0.3) is 6.08 Å². The third kappa shape index (κ3) is 3.79. The predicted molar refractivity (Wildman–Crippen MR) is 90.7 cm³/mol. The largest absolute Gasteiger partial charge is 0.488 e. The van der Waals surface area contributed by atoms with Crippen molar-refractivity contribution in [2.24, 2.45) is 5.92 Å². The highest BCUT2D eigenvalue weighted by Crippen LogP contribution is 2.29. The molecule has 128 valence electrons. The predicted octanol–water partition coefficient (Wildman–Crippen LogP) is 2.22. The highest BCUT2D eigenvalue weighted by Gasteiger charge is 2.32. The maximum absolute atomic E-state index is 12.5. The Hall–Kier alpha value is -1.86. The Kier molecular flexibility index (Phi) is 5.20. The van der Waals surface area contributed by atoms with Crippen molar-refractivity contribution in [1.82, 2.24) is 5.32 Å². The zero-order valence-corrected chi connectivity index (χ0v) is 14.5. The van der Waals surface area contributed by atoms with E-state index in [2.05, 4.69) is 21.2 Å². The Balaban J connectivity index is 1.74. The lowest BCUT2D eigenvalue weighted by molar-refractivity contribution is -0.144. The van der Waals surface area contributed by atoms with Crippen molar-refractivity contribution in [2.75, 3.05) is 19.8 Å². The summed E-state index contributed by atoms with van der Waals surface area (Å²) in [5, 5.41) is 12.1. The van der Waals surface area contributed by atoms with E-state index in [-0.39, 0.29) is 12.5 Å². The Morgan fingerprint density at radius 1 is 1.38 bits per heavy atom. The van der Waals surface area contributed by atoms with Crippen molar-refractivity contribution in [3.63, 3.8) is 0 Å². The Morgan fingerprint density at radius 2 is 2.21 bits per heavy atom. The summed E-state index contributed by atoms with van der Waals surface area (Å²) in [4.78, 5) is 24.0. The van der Waals surface area contributed by atoms with Crippen LogP contribution in [0.5, 0.6) is 5.75 Å². The molecular formula is C17H18BrNO5. The van der Waals surface area contributed by atoms with E-state index in [1.54, 1.807) is 6.08 Å². The molecule has 2 aliphatic heterocycles. The van der Waals surface area contributed by atoms with Crippen LogP contribution in [0.4, 0.5) is 0 Å². The molecule has 6 nitrogen and oxygen atoms in total. The maximum Gasteiger partial charge on any atom is 0.326 e. The summed E-state index contributed by atoms with van der Waals surface area (Å²) in [6.45, 7) is 1.11. The average Bonchev–Trinajstić information content (AvgIpc) is 2.59. The van der Waals surface area contributed by atoms with E-state index in [0.29, 0.717) is 24.5 Å². The summed E-state index contributed by atoms with van der Waals surface area (Å²) < 4.78 is 11.8. The molecule has 2 aliphatic rings. The van der Waals surface area contributed by atoms with E-state index in [0.717, 1.165) is 22.9 Å². The minimum atomic E-state index is -1.04. The van der Waals surface area contributed by atoms with Gasteiger partial charge in [0, 0.05) is 22.6 Å². The standard InChI is InChI=1S/C17H18BrNO5/c18-13-3-4-14-11(7-13)6-12(9-24-14)16(20)19-15(17(21)22)10-2-1-5-23-8-10/h3-4,6-7,10,15H,1-2,5,8-9H2,(H,19,20)(H,21,22). The molecule has 0 aliphatic carbocycles. The Labute approximate surface area is 148 Å². The van der Waals surface area contributed by atoms with Crippen LogP contribution in [-0.4, -0.2) is 42.8 Å². The molecule has 0 radical (unpaired) electrons. The fourth-order valence-corrected chi connectivity index (χ4v) is 3.30. The van der Waals surface area contributed by atoms with Gasteiger partial charge in [0.25, 0.3) is 5.91 Å². The Morgan fingerprint density at radius 3 is 2.92 bits per heavy atom. The number of carboxylic acid groups (broad SMARTS) is 1. The van der Waals surface area contributed by atoms with E-state index in [4.69, 9.17) is 9.47 Å². The van der Waals surface area contributed by atoms with Crippen LogP contribution in [0.1, 0.15) is 18.4 Å². The second kappa shape index (κ2) is 7.36. The monoisotopic (exact) mass is 395 g/mol. The molecule has 2 heterocycles. The number of nitrogens with one attached hydrogen (secondary N) is 1. The normalized spacial score (nSPS) is 21.0. The lowest BCUT2D eigenvalue weighted by Crippen LogP contribution is -2.49. The second-order valence-corrected chi connectivity index (χ2v) is 6.82. The molecule has 1 aromatic rings. The van der Waals surface area contributed by atoms with Crippen molar-refractivity contribution >= 4 is 33.9 Å². The smallest absolute Gasteiger partial charge is 0.326 e. The highest BCUT2D eigenvalue weighted by molar-refractivity contribution is 9.10. The van der Waals surface area contributed by atoms with Crippen LogP contribution in [0.2, 0.25) is 0 Å². The zero-order chi connectivity index (χ0) is 17.1. The molecule has 0 saturated carbocycles. The van der Waals surface area contributed by atoms with Crippen LogP contribution in [-0.2, 0) is 14.3 Å². The Bertz CT molecular complexity index is 682. The average molecular weight is 396 g/mol. The summed E-state index contributed by atoms with van der Waals surface area (Å²) in [7, 11) is 0. The van der Waals surface area contributed by atoms with E-state index in [1.807, 2.05) is 18.2 Å². The van der Waals surface area contributed by atoms with Gasteiger partial charge in [0.15, 0.2) is 0 Å². The number of fused-ring (bicyclic) bond motifs is 1. The van der Waals surface area contributed by atoms with Crippen LogP contribution in [0.3, 0.4) is 0 Å². The lowest BCUT2D eigenvalue weighted by Gasteiger charge is -2.28. The second-order valence-electron chi connectivity index (χ2n) is 5.91. The van der Waals surface area contributed by atoms with Crippen LogP contribution in [0.15, 0.2) is 28.2 Å². The van der Waals surface area contributed by atoms with Gasteiger partial charge in [0.2, 0.25) is 0 Å². The van der Waals surface area contributed by atoms with Gasteiger partial charge < -0.3 is 19.9 Å². The van der Waals surface area contributed by atoms with Crippen molar-refractivity contribution < 1.29 is 24.2 Å². The molecule has 1 fully saturated rings. The first-order chi connectivity index (χ1) is 11.5. The number of amides is 1. The summed E-state index contributed by atoms with van der Waals surface area (Å²) in [5.74, 6) is -0.977. The molecule has 0 aromatic heterocycles. The number of benzene rings is 1. The third-order valence-corrected chi connectivity index (χ3v) is 4.69. The van der Waals surface area contributed by atoms with E-state index >= 15 is 0 Å². The number of carboxylic acids is 1. The van der Waals surface area contributed by atoms with Crippen LogP contribution < -0.4 is 10.1 Å². The highest BCUT2D eigenvalue weighted by atomic mass is 79.9. The number of aliphatic carboxylic acids is 1. The van der Waals surface area contributed by atoms with Gasteiger partial charge in [-0.25, -0.2) is 4.79 Å². The fourth-order valence-electron chi connectivity index (χ4n) is 2.92. The van der Waals surface area contributed by atoms with Gasteiger partial charge in [-0.05, 0) is 37.1 Å². The zero-order valence-electron chi connectivity index (χ0n) is 13.0. The van der Waals surface area contributed by atoms with Gasteiger partial charge in [-0.3, -0.25) is 4.79 Å². The summed E-state index contributed by atoms with van der Waals surface area (Å²) in [5.41, 5.74) is 1.19. The lowest BCUT2D eigenvalue weighted by atomic mass is 9.93. The van der Waals surface area contributed by atoms with Gasteiger partial charge >= 0.3 is 5.97 Å². The minimum Gasteiger partial charge on any atom is -0.488 e.